The molecule has 5 nitrogen and oxygen atoms in total. The van der Waals surface area contributed by atoms with Crippen LogP contribution in [0.1, 0.15) is 26.7 Å². The Bertz CT molecular complexity index is 681. The van der Waals surface area contributed by atoms with Gasteiger partial charge in [-0.15, -0.1) is 0 Å². The van der Waals surface area contributed by atoms with Crippen molar-refractivity contribution in [1.29, 1.82) is 0 Å². The Morgan fingerprint density at radius 3 is 2.67 bits per heavy atom. The lowest BCUT2D eigenvalue weighted by molar-refractivity contribution is 0.0564. The Kier molecular flexibility index (Phi) is 4.56. The monoisotopic (exact) mass is 286 g/mol. The first-order valence-corrected chi connectivity index (χ1v) is 6.18. The standard InChI is InChI=1S/C16H14O5/c1-19-13-5-3-4-11(10-13)14(17)8-6-12-7-9-15(21-12)16(18)20-2/h3-10H,1-2H3/b8-6-. The van der Waals surface area contributed by atoms with Crippen LogP contribution in [0, 0.1) is 0 Å². The molecular weight excluding hydrogens is 272 g/mol. The maximum absolute atomic E-state index is 12.0. The predicted molar refractivity (Wildman–Crippen MR) is 76.4 cm³/mol. The Balaban J connectivity index is 2.11. The third-order valence-corrected chi connectivity index (χ3v) is 2.77. The highest BCUT2D eigenvalue weighted by molar-refractivity contribution is 6.06. The maximum atomic E-state index is 12.0. The fourth-order valence-corrected chi connectivity index (χ4v) is 1.68. The van der Waals surface area contributed by atoms with Gasteiger partial charge in [-0.3, -0.25) is 4.79 Å². The number of methoxy groups -OCH3 is 2. The van der Waals surface area contributed by atoms with Crippen molar-refractivity contribution in [3.63, 3.8) is 0 Å². The van der Waals surface area contributed by atoms with E-state index in [9.17, 15) is 9.59 Å². The van der Waals surface area contributed by atoms with E-state index in [-0.39, 0.29) is 11.5 Å². The fourth-order valence-electron chi connectivity index (χ4n) is 1.68. The summed E-state index contributed by atoms with van der Waals surface area (Å²) in [5, 5.41) is 0. The van der Waals surface area contributed by atoms with Crippen LogP contribution in [0.25, 0.3) is 6.08 Å². The van der Waals surface area contributed by atoms with E-state index in [0.29, 0.717) is 17.1 Å². The van der Waals surface area contributed by atoms with Crippen molar-refractivity contribution in [2.45, 2.75) is 0 Å². The molecule has 0 aliphatic rings. The van der Waals surface area contributed by atoms with E-state index in [1.807, 2.05) is 0 Å². The topological polar surface area (TPSA) is 65.7 Å². The van der Waals surface area contributed by atoms with Crippen LogP contribution in [0.3, 0.4) is 0 Å². The number of carbonyl (C=O) groups is 2. The quantitative estimate of drug-likeness (QED) is 0.480. The lowest BCUT2D eigenvalue weighted by atomic mass is 10.1. The molecule has 0 aliphatic carbocycles. The average Bonchev–Trinajstić information content (AvgIpc) is 3.00. The van der Waals surface area contributed by atoms with Gasteiger partial charge in [-0.25, -0.2) is 4.79 Å². The molecule has 0 atom stereocenters. The molecule has 0 fully saturated rings. The van der Waals surface area contributed by atoms with Gasteiger partial charge in [-0.05, 0) is 36.4 Å². The Morgan fingerprint density at radius 1 is 1.14 bits per heavy atom. The molecule has 2 aromatic rings. The van der Waals surface area contributed by atoms with E-state index in [1.54, 1.807) is 30.3 Å². The Hall–Kier alpha value is -2.82. The molecule has 0 amide bonds. The summed E-state index contributed by atoms with van der Waals surface area (Å²) in [5.74, 6) is 0.344. The minimum absolute atomic E-state index is 0.0889. The van der Waals surface area contributed by atoms with Crippen LogP contribution in [0.15, 0.2) is 46.9 Å². The van der Waals surface area contributed by atoms with E-state index in [0.717, 1.165) is 0 Å². The SMILES string of the molecule is COC(=O)c1ccc(/C=C\C(=O)c2cccc(OC)c2)o1. The van der Waals surface area contributed by atoms with Crippen molar-refractivity contribution in [2.24, 2.45) is 0 Å². The second-order valence-corrected chi connectivity index (χ2v) is 4.12. The summed E-state index contributed by atoms with van der Waals surface area (Å²) in [6.45, 7) is 0. The van der Waals surface area contributed by atoms with Crippen LogP contribution < -0.4 is 4.74 Å². The zero-order valence-corrected chi connectivity index (χ0v) is 11.7. The average molecular weight is 286 g/mol. The van der Waals surface area contributed by atoms with Gasteiger partial charge in [-0.1, -0.05) is 12.1 Å². The van der Waals surface area contributed by atoms with E-state index in [4.69, 9.17) is 9.15 Å². The summed E-state index contributed by atoms with van der Waals surface area (Å²) in [6, 6.07) is 9.91. The molecule has 0 radical (unpaired) electrons. The predicted octanol–water partition coefficient (Wildman–Crippen LogP) is 2.97. The first-order valence-electron chi connectivity index (χ1n) is 6.18. The highest BCUT2D eigenvalue weighted by Crippen LogP contribution is 2.15. The van der Waals surface area contributed by atoms with E-state index < -0.39 is 5.97 Å². The molecule has 0 saturated carbocycles. The third kappa shape index (κ3) is 3.60. The number of ketones is 1. The first-order chi connectivity index (χ1) is 10.1. The molecule has 21 heavy (non-hydrogen) atoms. The lowest BCUT2D eigenvalue weighted by Gasteiger charge is -2.00. The number of allylic oxidation sites excluding steroid dienone is 1. The van der Waals surface area contributed by atoms with Crippen LogP contribution in [-0.4, -0.2) is 26.0 Å². The minimum Gasteiger partial charge on any atom is -0.497 e. The largest absolute Gasteiger partial charge is 0.497 e. The molecule has 108 valence electrons. The molecule has 5 heteroatoms. The first kappa shape index (κ1) is 14.6. The number of rotatable bonds is 5. The smallest absolute Gasteiger partial charge is 0.373 e. The van der Waals surface area contributed by atoms with Crippen molar-refractivity contribution >= 4 is 17.8 Å². The highest BCUT2D eigenvalue weighted by Gasteiger charge is 2.10. The van der Waals surface area contributed by atoms with Gasteiger partial charge < -0.3 is 13.9 Å². The van der Waals surface area contributed by atoms with Gasteiger partial charge in [-0.2, -0.15) is 0 Å². The number of benzene rings is 1. The highest BCUT2D eigenvalue weighted by atomic mass is 16.5. The van der Waals surface area contributed by atoms with Gasteiger partial charge >= 0.3 is 5.97 Å². The molecule has 0 saturated heterocycles. The molecule has 0 unspecified atom stereocenters. The van der Waals surface area contributed by atoms with Gasteiger partial charge in [0.05, 0.1) is 14.2 Å². The number of ether oxygens (including phenoxy) is 2. The molecule has 0 bridgehead atoms. The van der Waals surface area contributed by atoms with Crippen LogP contribution in [0.5, 0.6) is 5.75 Å². The van der Waals surface area contributed by atoms with E-state index >= 15 is 0 Å². The Labute approximate surface area is 121 Å². The molecule has 2 rings (SSSR count). The minimum atomic E-state index is -0.561. The number of carbonyl (C=O) groups excluding carboxylic acids is 2. The molecule has 0 N–H and O–H groups in total. The number of hydrogen-bond acceptors (Lipinski definition) is 5. The normalized spacial score (nSPS) is 10.6. The number of esters is 1. The Morgan fingerprint density at radius 2 is 1.95 bits per heavy atom. The van der Waals surface area contributed by atoms with Crippen molar-refractivity contribution in [1.82, 2.24) is 0 Å². The second-order valence-electron chi connectivity index (χ2n) is 4.12. The fraction of sp³-hybridized carbons (Fsp3) is 0.125. The van der Waals surface area contributed by atoms with Gasteiger partial charge in [0.1, 0.15) is 11.5 Å². The molecule has 0 spiro atoms. The van der Waals surface area contributed by atoms with Crippen molar-refractivity contribution in [3.05, 3.63) is 59.6 Å². The maximum Gasteiger partial charge on any atom is 0.373 e. The van der Waals surface area contributed by atoms with Crippen LogP contribution in [0.2, 0.25) is 0 Å². The molecular formula is C16H14O5. The zero-order valence-electron chi connectivity index (χ0n) is 11.7. The molecule has 1 heterocycles. The van der Waals surface area contributed by atoms with Crippen LogP contribution in [-0.2, 0) is 4.74 Å². The lowest BCUT2D eigenvalue weighted by Crippen LogP contribution is -1.98. The van der Waals surface area contributed by atoms with Crippen molar-refractivity contribution < 1.29 is 23.5 Å². The molecule has 0 aliphatic heterocycles. The van der Waals surface area contributed by atoms with Gasteiger partial charge in [0.25, 0.3) is 0 Å². The number of furan rings is 1. The summed E-state index contributed by atoms with van der Waals surface area (Å²) in [7, 11) is 2.81. The van der Waals surface area contributed by atoms with Crippen LogP contribution in [0.4, 0.5) is 0 Å². The van der Waals surface area contributed by atoms with E-state index in [2.05, 4.69) is 4.74 Å². The third-order valence-electron chi connectivity index (χ3n) is 2.77. The number of hydrogen-bond donors (Lipinski definition) is 0. The van der Waals surface area contributed by atoms with E-state index in [1.165, 1.54) is 32.4 Å². The second kappa shape index (κ2) is 6.56. The zero-order chi connectivity index (χ0) is 15.2. The van der Waals surface area contributed by atoms with Crippen molar-refractivity contribution in [3.8, 4) is 5.75 Å². The summed E-state index contributed by atoms with van der Waals surface area (Å²) < 4.78 is 14.8. The van der Waals surface area contributed by atoms with Gasteiger partial charge in [0.15, 0.2) is 5.78 Å². The van der Waals surface area contributed by atoms with Gasteiger partial charge in [0, 0.05) is 5.56 Å². The molecule has 1 aromatic carbocycles. The summed E-state index contributed by atoms with van der Waals surface area (Å²) in [6.07, 6.45) is 2.86. The summed E-state index contributed by atoms with van der Waals surface area (Å²) in [5.41, 5.74) is 0.505. The summed E-state index contributed by atoms with van der Waals surface area (Å²) >= 11 is 0. The van der Waals surface area contributed by atoms with Crippen molar-refractivity contribution in [2.75, 3.05) is 14.2 Å². The molecule has 1 aromatic heterocycles. The summed E-state index contributed by atoms with van der Waals surface area (Å²) in [4.78, 5) is 23.2. The van der Waals surface area contributed by atoms with Gasteiger partial charge in [0.2, 0.25) is 5.76 Å². The van der Waals surface area contributed by atoms with Crippen LogP contribution >= 0.6 is 0 Å².